The molecule has 1 atom stereocenters. The van der Waals surface area contributed by atoms with Gasteiger partial charge >= 0.3 is 0 Å². The Morgan fingerprint density at radius 1 is 1.47 bits per heavy atom. The van der Waals surface area contributed by atoms with Gasteiger partial charge in [-0.1, -0.05) is 13.8 Å². The molecular formula is C11H22N2O2. The van der Waals surface area contributed by atoms with Crippen molar-refractivity contribution in [1.29, 1.82) is 0 Å². The summed E-state index contributed by atoms with van der Waals surface area (Å²) < 4.78 is 0. The topological polar surface area (TPSA) is 61.4 Å². The third-order valence-corrected chi connectivity index (χ3v) is 2.47. The summed E-state index contributed by atoms with van der Waals surface area (Å²) in [5, 5.41) is 15.1. The molecule has 1 fully saturated rings. The van der Waals surface area contributed by atoms with Gasteiger partial charge in [0, 0.05) is 6.04 Å². The Balaban J connectivity index is 2.14. The molecule has 1 saturated carbocycles. The predicted octanol–water partition coefficient (Wildman–Crippen LogP) is 0.262. The molecule has 1 amide bonds. The first-order valence-electron chi connectivity index (χ1n) is 5.75. The first-order valence-corrected chi connectivity index (χ1v) is 5.75. The molecule has 1 aliphatic rings. The molecule has 1 rings (SSSR count). The molecule has 0 bridgehead atoms. The Kier molecular flexibility index (Phi) is 5.05. The Bertz CT molecular complexity index is 203. The molecule has 0 aromatic heterocycles. The molecule has 0 saturated heterocycles. The zero-order valence-corrected chi connectivity index (χ0v) is 9.62. The van der Waals surface area contributed by atoms with Crippen molar-refractivity contribution in [2.24, 2.45) is 5.92 Å². The van der Waals surface area contributed by atoms with Crippen LogP contribution in [0.1, 0.15) is 33.1 Å². The second-order valence-corrected chi connectivity index (χ2v) is 4.73. The fourth-order valence-corrected chi connectivity index (χ4v) is 1.55. The van der Waals surface area contributed by atoms with Gasteiger partial charge in [-0.05, 0) is 25.2 Å². The van der Waals surface area contributed by atoms with Crippen LogP contribution >= 0.6 is 0 Å². The van der Waals surface area contributed by atoms with Crippen molar-refractivity contribution in [3.63, 3.8) is 0 Å². The number of aliphatic hydroxyl groups is 1. The van der Waals surface area contributed by atoms with Crippen LogP contribution in [0.3, 0.4) is 0 Å². The monoisotopic (exact) mass is 214 g/mol. The highest BCUT2D eigenvalue weighted by Gasteiger charge is 2.21. The normalized spacial score (nSPS) is 17.9. The van der Waals surface area contributed by atoms with E-state index in [1.165, 1.54) is 12.8 Å². The number of carbonyl (C=O) groups is 1. The summed E-state index contributed by atoms with van der Waals surface area (Å²) in [5.41, 5.74) is 0. The molecule has 0 aromatic rings. The van der Waals surface area contributed by atoms with E-state index in [9.17, 15) is 4.79 Å². The van der Waals surface area contributed by atoms with Gasteiger partial charge in [-0.15, -0.1) is 0 Å². The summed E-state index contributed by atoms with van der Waals surface area (Å²) in [4.78, 5) is 11.4. The lowest BCUT2D eigenvalue weighted by molar-refractivity contribution is -0.121. The molecule has 0 aliphatic heterocycles. The fraction of sp³-hybridized carbons (Fsp3) is 0.909. The van der Waals surface area contributed by atoms with E-state index in [0.29, 0.717) is 18.5 Å². The molecule has 15 heavy (non-hydrogen) atoms. The van der Waals surface area contributed by atoms with Crippen molar-refractivity contribution in [1.82, 2.24) is 10.6 Å². The van der Waals surface area contributed by atoms with Gasteiger partial charge in [-0.3, -0.25) is 4.79 Å². The largest absolute Gasteiger partial charge is 0.394 e. The van der Waals surface area contributed by atoms with Crippen molar-refractivity contribution in [2.75, 3.05) is 13.2 Å². The van der Waals surface area contributed by atoms with E-state index in [0.717, 1.165) is 6.42 Å². The van der Waals surface area contributed by atoms with Gasteiger partial charge in [0.1, 0.15) is 0 Å². The van der Waals surface area contributed by atoms with E-state index in [2.05, 4.69) is 24.5 Å². The average Bonchev–Trinajstić information content (AvgIpc) is 2.96. The van der Waals surface area contributed by atoms with E-state index in [-0.39, 0.29) is 18.6 Å². The maximum Gasteiger partial charge on any atom is 0.234 e. The lowest BCUT2D eigenvalue weighted by atomic mass is 10.0. The van der Waals surface area contributed by atoms with Crippen LogP contribution in [0.2, 0.25) is 0 Å². The molecule has 88 valence electrons. The Morgan fingerprint density at radius 2 is 2.13 bits per heavy atom. The Hall–Kier alpha value is -0.610. The van der Waals surface area contributed by atoms with E-state index in [4.69, 9.17) is 5.11 Å². The quantitative estimate of drug-likeness (QED) is 0.570. The predicted molar refractivity (Wildman–Crippen MR) is 59.5 cm³/mol. The van der Waals surface area contributed by atoms with Crippen LogP contribution in [0.15, 0.2) is 0 Å². The highest BCUT2D eigenvalue weighted by atomic mass is 16.3. The lowest BCUT2D eigenvalue weighted by Crippen LogP contribution is -2.43. The second-order valence-electron chi connectivity index (χ2n) is 4.73. The van der Waals surface area contributed by atoms with Gasteiger partial charge < -0.3 is 15.7 Å². The molecule has 3 N–H and O–H groups in total. The van der Waals surface area contributed by atoms with Crippen molar-refractivity contribution in [2.45, 2.75) is 45.2 Å². The molecule has 4 heteroatoms. The number of hydrogen-bond acceptors (Lipinski definition) is 3. The molecule has 0 spiro atoms. The maximum atomic E-state index is 11.4. The maximum absolute atomic E-state index is 11.4. The summed E-state index contributed by atoms with van der Waals surface area (Å²) in [7, 11) is 0. The van der Waals surface area contributed by atoms with Crippen LogP contribution in [-0.2, 0) is 4.79 Å². The summed E-state index contributed by atoms with van der Waals surface area (Å²) >= 11 is 0. The third-order valence-electron chi connectivity index (χ3n) is 2.47. The average molecular weight is 214 g/mol. The fourth-order valence-electron chi connectivity index (χ4n) is 1.55. The summed E-state index contributed by atoms with van der Waals surface area (Å²) in [5.74, 6) is 0.473. The Labute approximate surface area is 91.4 Å². The summed E-state index contributed by atoms with van der Waals surface area (Å²) in [6.45, 7) is 4.56. The van der Waals surface area contributed by atoms with Gasteiger partial charge in [0.25, 0.3) is 0 Å². The summed E-state index contributed by atoms with van der Waals surface area (Å²) in [6.07, 6.45) is 3.19. The zero-order chi connectivity index (χ0) is 11.3. The molecule has 0 aromatic carbocycles. The highest BCUT2D eigenvalue weighted by Crippen LogP contribution is 2.17. The molecule has 1 aliphatic carbocycles. The van der Waals surface area contributed by atoms with Gasteiger partial charge in [0.15, 0.2) is 0 Å². The molecule has 0 radical (unpaired) electrons. The Morgan fingerprint density at radius 3 is 2.60 bits per heavy atom. The van der Waals surface area contributed by atoms with Crippen molar-refractivity contribution >= 4 is 5.91 Å². The van der Waals surface area contributed by atoms with E-state index >= 15 is 0 Å². The second kappa shape index (κ2) is 6.08. The van der Waals surface area contributed by atoms with Crippen molar-refractivity contribution < 1.29 is 9.90 Å². The van der Waals surface area contributed by atoms with Crippen LogP contribution in [-0.4, -0.2) is 36.2 Å². The molecule has 0 heterocycles. The number of hydrogen-bond donors (Lipinski definition) is 3. The van der Waals surface area contributed by atoms with Crippen LogP contribution in [0, 0.1) is 5.92 Å². The zero-order valence-electron chi connectivity index (χ0n) is 9.62. The number of aliphatic hydroxyl groups excluding tert-OH is 1. The van der Waals surface area contributed by atoms with Gasteiger partial charge in [-0.2, -0.15) is 0 Å². The van der Waals surface area contributed by atoms with Crippen LogP contribution < -0.4 is 10.6 Å². The van der Waals surface area contributed by atoms with E-state index in [1.54, 1.807) is 0 Å². The van der Waals surface area contributed by atoms with Crippen molar-refractivity contribution in [3.05, 3.63) is 0 Å². The minimum absolute atomic E-state index is 0.0124. The minimum Gasteiger partial charge on any atom is -0.394 e. The van der Waals surface area contributed by atoms with Crippen LogP contribution in [0.25, 0.3) is 0 Å². The number of nitrogens with one attached hydrogen (secondary N) is 2. The van der Waals surface area contributed by atoms with Gasteiger partial charge in [0.05, 0.1) is 19.2 Å². The first-order chi connectivity index (χ1) is 7.11. The smallest absolute Gasteiger partial charge is 0.234 e. The number of rotatable bonds is 7. The summed E-state index contributed by atoms with van der Waals surface area (Å²) in [6, 6.07) is 0.451. The SMILES string of the molecule is CC(C)CC(CO)NC(=O)CNC1CC1. The van der Waals surface area contributed by atoms with Crippen molar-refractivity contribution in [3.8, 4) is 0 Å². The standard InChI is InChI=1S/C11H22N2O2/c1-8(2)5-10(7-14)13-11(15)6-12-9-3-4-9/h8-10,12,14H,3-7H2,1-2H3,(H,13,15). The van der Waals surface area contributed by atoms with Gasteiger partial charge in [-0.25, -0.2) is 0 Å². The number of amides is 1. The van der Waals surface area contributed by atoms with Gasteiger partial charge in [0.2, 0.25) is 5.91 Å². The molecule has 4 nitrogen and oxygen atoms in total. The molecular weight excluding hydrogens is 192 g/mol. The number of carbonyl (C=O) groups excluding carboxylic acids is 1. The first kappa shape index (κ1) is 12.5. The van der Waals surface area contributed by atoms with Crippen LogP contribution in [0.4, 0.5) is 0 Å². The molecule has 1 unspecified atom stereocenters. The lowest BCUT2D eigenvalue weighted by Gasteiger charge is -2.18. The van der Waals surface area contributed by atoms with E-state index < -0.39 is 0 Å². The minimum atomic E-state index is -0.0986. The van der Waals surface area contributed by atoms with E-state index in [1.807, 2.05) is 0 Å². The third kappa shape index (κ3) is 5.74. The highest BCUT2D eigenvalue weighted by molar-refractivity contribution is 5.78. The van der Waals surface area contributed by atoms with Crippen LogP contribution in [0.5, 0.6) is 0 Å².